The van der Waals surface area contributed by atoms with Crippen molar-refractivity contribution in [1.82, 2.24) is 0 Å². The highest BCUT2D eigenvalue weighted by atomic mass is 127. The molecule has 1 heteroatoms. The molecule has 0 aromatic carbocycles. The fourth-order valence-corrected chi connectivity index (χ4v) is 0.880. The van der Waals surface area contributed by atoms with Gasteiger partial charge < -0.3 is 0 Å². The van der Waals surface area contributed by atoms with Crippen LogP contribution < -0.4 is 0 Å². The Bertz CT molecular complexity index is 66.9. The van der Waals surface area contributed by atoms with Crippen LogP contribution in [0.15, 0.2) is 12.2 Å². The van der Waals surface area contributed by atoms with E-state index >= 15 is 0 Å². The second-order valence-corrected chi connectivity index (χ2v) is 2.76. The van der Waals surface area contributed by atoms with E-state index in [-0.39, 0.29) is 24.0 Å². The summed E-state index contributed by atoms with van der Waals surface area (Å²) < 4.78 is 0. The maximum atomic E-state index is 2.32. The van der Waals surface area contributed by atoms with E-state index in [9.17, 15) is 0 Å². The lowest BCUT2D eigenvalue weighted by molar-refractivity contribution is 0.793. The van der Waals surface area contributed by atoms with Crippen LogP contribution in [0.4, 0.5) is 0 Å². The zero-order valence-corrected chi connectivity index (χ0v) is 10.1. The molecule has 0 N–H and O–H groups in total. The third-order valence-electron chi connectivity index (χ3n) is 1.62. The monoisotopic (exact) mass is 268 g/mol. The molecular formula is C10H21I. The van der Waals surface area contributed by atoms with Gasteiger partial charge in [0.25, 0.3) is 0 Å². The quantitative estimate of drug-likeness (QED) is 0.377. The topological polar surface area (TPSA) is 0 Å². The van der Waals surface area contributed by atoms with E-state index < -0.39 is 0 Å². The Morgan fingerprint density at radius 1 is 0.818 bits per heavy atom. The molecule has 11 heavy (non-hydrogen) atoms. The number of hydrogen-bond acceptors (Lipinski definition) is 0. The fraction of sp³-hybridized carbons (Fsp3) is 0.800. The molecule has 0 aliphatic rings. The van der Waals surface area contributed by atoms with E-state index in [1.165, 1.54) is 38.5 Å². The minimum Gasteiger partial charge on any atom is -0.107 e. The predicted octanol–water partition coefficient (Wildman–Crippen LogP) is 4.54. The van der Waals surface area contributed by atoms with Crippen molar-refractivity contribution in [2.75, 3.05) is 0 Å². The first-order valence-electron chi connectivity index (χ1n) is 4.56. The van der Waals surface area contributed by atoms with Gasteiger partial charge in [-0.15, -0.1) is 24.0 Å². The Morgan fingerprint density at radius 2 is 1.18 bits per heavy atom. The Labute approximate surface area is 88.5 Å². The Balaban J connectivity index is 0. The van der Waals surface area contributed by atoms with Crippen molar-refractivity contribution in [3.8, 4) is 0 Å². The molecule has 0 aromatic rings. The zero-order chi connectivity index (χ0) is 7.66. The van der Waals surface area contributed by atoms with Gasteiger partial charge in [-0.25, -0.2) is 0 Å². The van der Waals surface area contributed by atoms with E-state index in [2.05, 4.69) is 26.0 Å². The summed E-state index contributed by atoms with van der Waals surface area (Å²) in [6.07, 6.45) is 12.5. The molecule has 0 atom stereocenters. The Morgan fingerprint density at radius 3 is 1.45 bits per heavy atom. The van der Waals surface area contributed by atoms with Crippen LogP contribution in [-0.2, 0) is 0 Å². The van der Waals surface area contributed by atoms with Crippen molar-refractivity contribution in [2.24, 2.45) is 0 Å². The van der Waals surface area contributed by atoms with Crippen molar-refractivity contribution in [3.05, 3.63) is 12.2 Å². The highest BCUT2D eigenvalue weighted by Gasteiger charge is 1.78. The summed E-state index contributed by atoms with van der Waals surface area (Å²) in [6, 6.07) is 0. The number of halogens is 1. The van der Waals surface area contributed by atoms with Gasteiger partial charge in [0.05, 0.1) is 0 Å². The lowest BCUT2D eigenvalue weighted by atomic mass is 10.2. The summed E-state index contributed by atoms with van der Waals surface area (Å²) in [7, 11) is 0. The van der Waals surface area contributed by atoms with E-state index in [1.54, 1.807) is 0 Å². The molecule has 0 aromatic heterocycles. The predicted molar refractivity (Wildman–Crippen MR) is 63.6 cm³/mol. The molecule has 0 radical (unpaired) electrons. The number of unbranched alkanes of at least 4 members (excludes halogenated alkanes) is 4. The van der Waals surface area contributed by atoms with Crippen LogP contribution in [0.25, 0.3) is 0 Å². The van der Waals surface area contributed by atoms with Gasteiger partial charge in [-0.2, -0.15) is 0 Å². The van der Waals surface area contributed by atoms with Crippen LogP contribution >= 0.6 is 24.0 Å². The first-order chi connectivity index (χ1) is 4.91. The summed E-state index contributed by atoms with van der Waals surface area (Å²) in [5, 5.41) is 0. The van der Waals surface area contributed by atoms with E-state index in [0.717, 1.165) is 0 Å². The summed E-state index contributed by atoms with van der Waals surface area (Å²) in [6.45, 7) is 4.47. The minimum atomic E-state index is 0. The van der Waals surface area contributed by atoms with Crippen molar-refractivity contribution in [1.29, 1.82) is 0 Å². The zero-order valence-electron chi connectivity index (χ0n) is 7.81. The van der Waals surface area contributed by atoms with Gasteiger partial charge >= 0.3 is 0 Å². The molecular weight excluding hydrogens is 247 g/mol. The van der Waals surface area contributed by atoms with Gasteiger partial charge in [0.15, 0.2) is 0 Å². The van der Waals surface area contributed by atoms with Crippen molar-refractivity contribution in [2.45, 2.75) is 52.4 Å². The Hall–Kier alpha value is 0.470. The maximum Gasteiger partial charge on any atom is -0.0351 e. The molecule has 0 nitrogen and oxygen atoms in total. The third-order valence-corrected chi connectivity index (χ3v) is 1.62. The van der Waals surface area contributed by atoms with E-state index in [0.29, 0.717) is 0 Å². The lowest BCUT2D eigenvalue weighted by Crippen LogP contribution is -1.69. The molecule has 0 spiro atoms. The van der Waals surface area contributed by atoms with Crippen LogP contribution in [0.2, 0.25) is 0 Å². The highest BCUT2D eigenvalue weighted by Crippen LogP contribution is 1.99. The highest BCUT2D eigenvalue weighted by molar-refractivity contribution is 14.0. The molecule has 0 rings (SSSR count). The summed E-state index contributed by atoms with van der Waals surface area (Å²) >= 11 is 0. The third kappa shape index (κ3) is 13.5. The largest absolute Gasteiger partial charge is 0.107 e. The number of allylic oxidation sites excluding steroid dienone is 2. The van der Waals surface area contributed by atoms with Crippen LogP contribution in [0, 0.1) is 0 Å². The van der Waals surface area contributed by atoms with Gasteiger partial charge in [-0.05, 0) is 12.8 Å². The van der Waals surface area contributed by atoms with Gasteiger partial charge in [-0.1, -0.05) is 51.7 Å². The summed E-state index contributed by atoms with van der Waals surface area (Å²) in [4.78, 5) is 0. The fourth-order valence-electron chi connectivity index (χ4n) is 0.880. The molecule has 0 aliphatic carbocycles. The molecule has 0 saturated heterocycles. The van der Waals surface area contributed by atoms with Crippen LogP contribution in [0.3, 0.4) is 0 Å². The first kappa shape index (κ1) is 14.0. The van der Waals surface area contributed by atoms with E-state index in [4.69, 9.17) is 0 Å². The van der Waals surface area contributed by atoms with Crippen molar-refractivity contribution in [3.63, 3.8) is 0 Å². The summed E-state index contributed by atoms with van der Waals surface area (Å²) in [5.41, 5.74) is 0. The average Bonchev–Trinajstić information content (AvgIpc) is 1.97. The summed E-state index contributed by atoms with van der Waals surface area (Å²) in [5.74, 6) is 0. The van der Waals surface area contributed by atoms with Gasteiger partial charge in [0, 0.05) is 0 Å². The molecule has 0 amide bonds. The Kier molecular flexibility index (Phi) is 16.7. The normalized spacial score (nSPS) is 10.0. The van der Waals surface area contributed by atoms with Gasteiger partial charge in [-0.3, -0.25) is 0 Å². The molecule has 0 unspecified atom stereocenters. The van der Waals surface area contributed by atoms with E-state index in [1.807, 2.05) is 0 Å². The van der Waals surface area contributed by atoms with Crippen molar-refractivity contribution < 1.29 is 0 Å². The first-order valence-corrected chi connectivity index (χ1v) is 4.56. The molecule has 0 aliphatic heterocycles. The molecule has 0 saturated carbocycles. The number of rotatable bonds is 6. The second-order valence-electron chi connectivity index (χ2n) is 2.76. The van der Waals surface area contributed by atoms with Crippen LogP contribution in [0.5, 0.6) is 0 Å². The second kappa shape index (κ2) is 13.1. The van der Waals surface area contributed by atoms with Crippen LogP contribution in [0.1, 0.15) is 52.4 Å². The SMILES string of the molecule is CCCCC=CCCCC.I. The van der Waals surface area contributed by atoms with Gasteiger partial charge in [0.2, 0.25) is 0 Å². The standard InChI is InChI=1S/C10H20.HI/c1-3-5-7-9-10-8-6-4-2;/h9-10H,3-8H2,1-2H3;1H. The smallest absolute Gasteiger partial charge is 0.0351 e. The van der Waals surface area contributed by atoms with Gasteiger partial charge in [0.1, 0.15) is 0 Å². The molecule has 0 fully saturated rings. The lowest BCUT2D eigenvalue weighted by Gasteiger charge is -1.89. The number of hydrogen-bond donors (Lipinski definition) is 0. The maximum absolute atomic E-state index is 2.32. The van der Waals surface area contributed by atoms with Crippen LogP contribution in [-0.4, -0.2) is 0 Å². The minimum absolute atomic E-state index is 0. The molecule has 0 bridgehead atoms. The molecule has 68 valence electrons. The van der Waals surface area contributed by atoms with Crippen molar-refractivity contribution >= 4 is 24.0 Å². The molecule has 0 heterocycles. The average molecular weight is 268 g/mol.